The van der Waals surface area contributed by atoms with Crippen molar-refractivity contribution in [2.24, 2.45) is 0 Å². The Kier molecular flexibility index (Phi) is 10.2. The Morgan fingerprint density at radius 1 is 1.26 bits per heavy atom. The zero-order valence-electron chi connectivity index (χ0n) is 22.8. The summed E-state index contributed by atoms with van der Waals surface area (Å²) in [6.07, 6.45) is 6.36. The minimum Gasteiger partial charge on any atom is -0.464 e. The molecule has 4 N–H and O–H groups in total. The summed E-state index contributed by atoms with van der Waals surface area (Å²) in [5.74, 6) is -0.779. The highest BCUT2D eigenvalue weighted by atomic mass is 31.2. The Morgan fingerprint density at radius 3 is 2.66 bits per heavy atom. The maximum Gasteiger partial charge on any atom is 0.326 e. The van der Waals surface area contributed by atoms with Gasteiger partial charge < -0.3 is 24.5 Å². The lowest BCUT2D eigenvalue weighted by atomic mass is 9.96. The molecule has 0 saturated heterocycles. The van der Waals surface area contributed by atoms with Crippen molar-refractivity contribution in [3.63, 3.8) is 0 Å². The van der Waals surface area contributed by atoms with E-state index in [2.05, 4.69) is 25.1 Å². The van der Waals surface area contributed by atoms with Crippen LogP contribution in [0.25, 0.3) is 11.2 Å². The third kappa shape index (κ3) is 7.95. The highest BCUT2D eigenvalue weighted by molar-refractivity contribution is 7.59. The number of nitrogens with one attached hydrogen (secondary N) is 2. The zero-order chi connectivity index (χ0) is 27.9. The van der Waals surface area contributed by atoms with Gasteiger partial charge in [0.25, 0.3) is 0 Å². The van der Waals surface area contributed by atoms with Gasteiger partial charge >= 0.3 is 11.9 Å². The Hall–Kier alpha value is -2.60. The van der Waals surface area contributed by atoms with Gasteiger partial charge in [0, 0.05) is 0 Å². The molecule has 0 radical (unpaired) electrons. The van der Waals surface area contributed by atoms with Crippen LogP contribution >= 0.6 is 7.44 Å². The summed E-state index contributed by atoms with van der Waals surface area (Å²) in [5.41, 5.74) is 5.59. The SMILES string of the molecule is CCCCOC(=O)C(C)(C)N[P@@](=O)(CO[C@H](C)Cn1cnc2c(N)ncnc21)N[C@H](C)C(=O)OC1CCC1. The van der Waals surface area contributed by atoms with Crippen molar-refractivity contribution in [1.29, 1.82) is 0 Å². The lowest BCUT2D eigenvalue weighted by molar-refractivity contribution is -0.154. The van der Waals surface area contributed by atoms with Gasteiger partial charge in [-0.3, -0.25) is 14.2 Å². The van der Waals surface area contributed by atoms with E-state index in [0.29, 0.717) is 17.7 Å². The van der Waals surface area contributed by atoms with Crippen molar-refractivity contribution in [3.05, 3.63) is 12.7 Å². The van der Waals surface area contributed by atoms with Crippen molar-refractivity contribution in [3.8, 4) is 0 Å². The van der Waals surface area contributed by atoms with E-state index in [1.165, 1.54) is 6.33 Å². The third-order valence-electron chi connectivity index (χ3n) is 6.22. The van der Waals surface area contributed by atoms with E-state index in [-0.39, 0.29) is 24.9 Å². The number of aromatic nitrogens is 4. The van der Waals surface area contributed by atoms with Crippen molar-refractivity contribution in [2.75, 3.05) is 18.7 Å². The van der Waals surface area contributed by atoms with E-state index >= 15 is 0 Å². The summed E-state index contributed by atoms with van der Waals surface area (Å²) in [7, 11) is -3.67. The molecule has 1 fully saturated rings. The summed E-state index contributed by atoms with van der Waals surface area (Å²) in [4.78, 5) is 37.7. The van der Waals surface area contributed by atoms with Gasteiger partial charge in [-0.05, 0) is 53.4 Å². The van der Waals surface area contributed by atoms with E-state index in [1.807, 2.05) is 6.92 Å². The highest BCUT2D eigenvalue weighted by Gasteiger charge is 2.39. The fraction of sp³-hybridized carbons (Fsp3) is 0.708. The first kappa shape index (κ1) is 29.9. The normalized spacial score (nSPS) is 17.4. The number of carbonyl (C=O) groups is 2. The third-order valence-corrected chi connectivity index (χ3v) is 8.45. The zero-order valence-corrected chi connectivity index (χ0v) is 23.7. The molecular weight excluding hydrogens is 513 g/mol. The summed E-state index contributed by atoms with van der Waals surface area (Å²) in [5, 5.41) is 5.75. The highest BCUT2D eigenvalue weighted by Crippen LogP contribution is 2.40. The van der Waals surface area contributed by atoms with Gasteiger partial charge in [-0.1, -0.05) is 13.3 Å². The van der Waals surface area contributed by atoms with Gasteiger partial charge in [-0.2, -0.15) is 0 Å². The number of ether oxygens (including phenoxy) is 3. The molecule has 13 nitrogen and oxygen atoms in total. The molecule has 3 rings (SSSR count). The van der Waals surface area contributed by atoms with Crippen LogP contribution in [0, 0.1) is 0 Å². The molecule has 14 heteroatoms. The molecule has 2 aromatic heterocycles. The van der Waals surface area contributed by atoms with Gasteiger partial charge in [0.15, 0.2) is 11.5 Å². The lowest BCUT2D eigenvalue weighted by Crippen LogP contribution is -2.50. The van der Waals surface area contributed by atoms with Crippen LogP contribution in [0.2, 0.25) is 0 Å². The molecule has 212 valence electrons. The first-order chi connectivity index (χ1) is 17.9. The predicted molar refractivity (Wildman–Crippen MR) is 142 cm³/mol. The molecule has 0 bridgehead atoms. The largest absolute Gasteiger partial charge is 0.464 e. The second-order valence-corrected chi connectivity index (χ2v) is 12.5. The summed E-state index contributed by atoms with van der Waals surface area (Å²) in [6, 6.07) is -0.892. The van der Waals surface area contributed by atoms with E-state index in [1.54, 1.807) is 38.6 Å². The molecule has 0 spiro atoms. The van der Waals surface area contributed by atoms with E-state index in [9.17, 15) is 14.2 Å². The van der Waals surface area contributed by atoms with Crippen LogP contribution < -0.4 is 15.9 Å². The fourth-order valence-corrected chi connectivity index (χ4v) is 6.20. The number of rotatable bonds is 15. The molecular formula is C24H40N7O6P. The fourth-order valence-electron chi connectivity index (χ4n) is 3.80. The number of hydrogen-bond donors (Lipinski definition) is 3. The molecule has 3 atom stereocenters. The number of nitrogen functional groups attached to an aromatic ring is 1. The topological polar surface area (TPSA) is 173 Å². The molecule has 1 saturated carbocycles. The number of unbranched alkanes of at least 4 members (excludes halogenated alkanes) is 1. The van der Waals surface area contributed by atoms with Crippen molar-refractivity contribution in [1.82, 2.24) is 29.7 Å². The molecule has 2 heterocycles. The van der Waals surface area contributed by atoms with Crippen molar-refractivity contribution >= 4 is 36.4 Å². The van der Waals surface area contributed by atoms with Crippen LogP contribution in [-0.4, -0.2) is 68.2 Å². The van der Waals surface area contributed by atoms with Gasteiger partial charge in [-0.25, -0.2) is 25.1 Å². The molecule has 0 amide bonds. The second-order valence-electron chi connectivity index (χ2n) is 10.2. The Labute approximate surface area is 223 Å². The Bertz CT molecular complexity index is 1150. The van der Waals surface area contributed by atoms with Crippen LogP contribution in [0.4, 0.5) is 5.82 Å². The van der Waals surface area contributed by atoms with Crippen LogP contribution in [0.1, 0.15) is 66.7 Å². The van der Waals surface area contributed by atoms with Crippen LogP contribution in [0.5, 0.6) is 0 Å². The summed E-state index contributed by atoms with van der Waals surface area (Å²) in [6.45, 7) is 9.15. The minimum absolute atomic E-state index is 0.108. The number of esters is 2. The Morgan fingerprint density at radius 2 is 2.00 bits per heavy atom. The Balaban J connectivity index is 1.69. The molecule has 0 aromatic carbocycles. The first-order valence-electron chi connectivity index (χ1n) is 13.0. The van der Waals surface area contributed by atoms with Gasteiger partial charge in [0.1, 0.15) is 35.9 Å². The smallest absolute Gasteiger partial charge is 0.326 e. The number of imidazole rings is 1. The number of fused-ring (bicyclic) bond motifs is 1. The van der Waals surface area contributed by atoms with Gasteiger partial charge in [0.2, 0.25) is 7.44 Å². The number of hydrogen-bond acceptors (Lipinski definition) is 10. The maximum absolute atomic E-state index is 14.1. The van der Waals surface area contributed by atoms with E-state index in [0.717, 1.165) is 32.1 Å². The quantitative estimate of drug-likeness (QED) is 0.167. The van der Waals surface area contributed by atoms with Crippen LogP contribution in [0.15, 0.2) is 12.7 Å². The average molecular weight is 554 g/mol. The molecule has 1 aliphatic carbocycles. The summed E-state index contributed by atoms with van der Waals surface area (Å²) < 4.78 is 32.6. The van der Waals surface area contributed by atoms with Gasteiger partial charge in [0.05, 0.1) is 25.6 Å². The maximum atomic E-state index is 14.1. The molecule has 38 heavy (non-hydrogen) atoms. The van der Waals surface area contributed by atoms with Crippen molar-refractivity contribution in [2.45, 2.75) is 97.1 Å². The lowest BCUT2D eigenvalue weighted by Gasteiger charge is -2.33. The standard InChI is InChI=1S/C24H40N7O6P/c1-6-7-11-35-23(33)24(4,5)30-38(34,29-17(3)22(32)37-18-9-8-10-18)15-36-16(2)12-31-14-28-19-20(25)26-13-27-21(19)31/h13-14,16-18H,6-12,15H2,1-5H3,(H2,25,26,27)(H2,29,30,34)/t16-,17-,38-/m1/s1. The summed E-state index contributed by atoms with van der Waals surface area (Å²) >= 11 is 0. The van der Waals surface area contributed by atoms with Crippen LogP contribution in [0.3, 0.4) is 0 Å². The van der Waals surface area contributed by atoms with Crippen LogP contribution in [-0.2, 0) is 34.9 Å². The number of nitrogens with two attached hydrogens (primary N) is 1. The molecule has 0 unspecified atom stereocenters. The predicted octanol–water partition coefficient (Wildman–Crippen LogP) is 2.75. The van der Waals surface area contributed by atoms with Crippen molar-refractivity contribution < 1.29 is 28.4 Å². The number of nitrogens with zero attached hydrogens (tertiary/aromatic N) is 4. The monoisotopic (exact) mass is 553 g/mol. The molecule has 0 aliphatic heterocycles. The number of anilines is 1. The molecule has 2 aromatic rings. The van der Waals surface area contributed by atoms with E-state index in [4.69, 9.17) is 19.9 Å². The van der Waals surface area contributed by atoms with Gasteiger partial charge in [-0.15, -0.1) is 0 Å². The second kappa shape index (κ2) is 13.0. The number of carbonyl (C=O) groups excluding carboxylic acids is 2. The minimum atomic E-state index is -3.67. The van der Waals surface area contributed by atoms with E-state index < -0.39 is 37.1 Å². The molecule has 1 aliphatic rings. The first-order valence-corrected chi connectivity index (χ1v) is 14.9. The average Bonchev–Trinajstić information content (AvgIpc) is 3.23.